The van der Waals surface area contributed by atoms with Gasteiger partial charge >= 0.3 is 0 Å². The molecule has 1 atom stereocenters. The summed E-state index contributed by atoms with van der Waals surface area (Å²) in [6.45, 7) is 1.41. The molecule has 3 aromatic carbocycles. The zero-order chi connectivity index (χ0) is 27.1. The van der Waals surface area contributed by atoms with E-state index in [1.54, 1.807) is 36.7 Å². The third kappa shape index (κ3) is 6.70. The van der Waals surface area contributed by atoms with Gasteiger partial charge in [0.05, 0.1) is 13.0 Å². The average Bonchev–Trinajstić information content (AvgIpc) is 2.91. The van der Waals surface area contributed by atoms with Crippen molar-refractivity contribution in [2.24, 2.45) is 0 Å². The van der Waals surface area contributed by atoms with E-state index in [2.05, 4.69) is 15.3 Å². The van der Waals surface area contributed by atoms with Crippen molar-refractivity contribution in [2.75, 3.05) is 11.9 Å². The number of nitrogens with one attached hydrogen (secondary N) is 1. The van der Waals surface area contributed by atoms with E-state index < -0.39 is 12.0 Å². The van der Waals surface area contributed by atoms with E-state index in [4.69, 9.17) is 16.3 Å². The number of aliphatic hydroxyl groups is 1. The second-order valence-corrected chi connectivity index (χ2v) is 9.11. The van der Waals surface area contributed by atoms with Crippen molar-refractivity contribution in [3.8, 4) is 17.1 Å². The molecule has 4 aromatic rings. The lowest BCUT2D eigenvalue weighted by molar-refractivity contribution is -0.115. The van der Waals surface area contributed by atoms with Gasteiger partial charge < -0.3 is 15.2 Å². The van der Waals surface area contributed by atoms with Crippen LogP contribution in [0.2, 0.25) is 5.02 Å². The summed E-state index contributed by atoms with van der Waals surface area (Å²) in [5.41, 5.74) is 3.15. The lowest BCUT2D eigenvalue weighted by Crippen LogP contribution is -2.27. The summed E-state index contributed by atoms with van der Waals surface area (Å²) in [6.07, 6.45) is 1.95. The molecule has 0 fully saturated rings. The molecule has 1 amide bonds. The number of anilines is 1. The van der Waals surface area contributed by atoms with Crippen LogP contribution in [0, 0.1) is 0 Å². The standard InChI is InChI=1S/C29H26ClF2N3O3/c1-19(36)29(31,32)23-10-6-20(7-11-23)18-26(37)35-24-12-8-22(9-13-24)27-28(34-16-15-33-27)38-17-14-21-4-2-3-5-25(21)30/h2-13,15-16,19,36H,14,17-18H2,1H3,(H,35,37)/t19-/m1/s1. The summed E-state index contributed by atoms with van der Waals surface area (Å²) in [7, 11) is 0. The Labute approximate surface area is 224 Å². The normalized spacial score (nSPS) is 12.1. The highest BCUT2D eigenvalue weighted by Crippen LogP contribution is 2.32. The molecule has 0 bridgehead atoms. The number of aliphatic hydroxyl groups excluding tert-OH is 1. The fraction of sp³-hybridized carbons (Fsp3) is 0.207. The van der Waals surface area contributed by atoms with Gasteiger partial charge in [0.25, 0.3) is 5.92 Å². The second kappa shape index (κ2) is 12.1. The lowest BCUT2D eigenvalue weighted by atomic mass is 10.0. The molecule has 0 saturated carbocycles. The third-order valence-corrected chi connectivity index (χ3v) is 6.27. The van der Waals surface area contributed by atoms with Gasteiger partial charge in [-0.05, 0) is 36.2 Å². The molecule has 4 rings (SSSR count). The molecule has 0 aliphatic heterocycles. The minimum Gasteiger partial charge on any atom is -0.476 e. The van der Waals surface area contributed by atoms with Gasteiger partial charge in [-0.15, -0.1) is 0 Å². The molecule has 1 heterocycles. The molecule has 0 saturated heterocycles. The average molecular weight is 538 g/mol. The highest BCUT2D eigenvalue weighted by molar-refractivity contribution is 6.31. The Bertz CT molecular complexity index is 1380. The van der Waals surface area contributed by atoms with Crippen LogP contribution >= 0.6 is 11.6 Å². The van der Waals surface area contributed by atoms with Gasteiger partial charge in [-0.1, -0.05) is 66.2 Å². The van der Waals surface area contributed by atoms with E-state index >= 15 is 0 Å². The Morgan fingerprint density at radius 2 is 1.71 bits per heavy atom. The quantitative estimate of drug-likeness (QED) is 0.256. The van der Waals surface area contributed by atoms with Gasteiger partial charge in [0, 0.05) is 40.7 Å². The van der Waals surface area contributed by atoms with Crippen molar-refractivity contribution < 1.29 is 23.4 Å². The SMILES string of the molecule is C[C@@H](O)C(F)(F)c1ccc(CC(=O)Nc2ccc(-c3nccnc3OCCc3ccccc3Cl)cc2)cc1. The topological polar surface area (TPSA) is 84.3 Å². The van der Waals surface area contributed by atoms with Crippen LogP contribution in [0.15, 0.2) is 85.2 Å². The minimum atomic E-state index is -3.35. The summed E-state index contributed by atoms with van der Waals surface area (Å²) in [6, 6.07) is 20.0. The number of amides is 1. The fourth-order valence-electron chi connectivity index (χ4n) is 3.78. The van der Waals surface area contributed by atoms with E-state index in [1.165, 1.54) is 24.3 Å². The van der Waals surface area contributed by atoms with Crippen molar-refractivity contribution in [3.05, 3.63) is 107 Å². The number of halogens is 3. The zero-order valence-electron chi connectivity index (χ0n) is 20.6. The molecular formula is C29H26ClF2N3O3. The largest absolute Gasteiger partial charge is 0.476 e. The number of hydrogen-bond acceptors (Lipinski definition) is 5. The van der Waals surface area contributed by atoms with Crippen molar-refractivity contribution >= 4 is 23.2 Å². The molecule has 0 radical (unpaired) electrons. The summed E-state index contributed by atoms with van der Waals surface area (Å²) in [5, 5.41) is 12.8. The van der Waals surface area contributed by atoms with Crippen LogP contribution in [0.5, 0.6) is 5.88 Å². The highest BCUT2D eigenvalue weighted by Gasteiger charge is 2.37. The molecule has 1 aromatic heterocycles. The van der Waals surface area contributed by atoms with Crippen molar-refractivity contribution in [3.63, 3.8) is 0 Å². The van der Waals surface area contributed by atoms with Crippen LogP contribution in [0.25, 0.3) is 11.3 Å². The molecule has 2 N–H and O–H groups in total. The first-order chi connectivity index (χ1) is 18.2. The van der Waals surface area contributed by atoms with Gasteiger partial charge in [0.15, 0.2) is 0 Å². The molecule has 6 nitrogen and oxygen atoms in total. The number of carbonyl (C=O) groups excluding carboxylic acids is 1. The smallest absolute Gasteiger partial charge is 0.298 e. The van der Waals surface area contributed by atoms with Gasteiger partial charge in [0.2, 0.25) is 11.8 Å². The van der Waals surface area contributed by atoms with Crippen LogP contribution < -0.4 is 10.1 Å². The maximum atomic E-state index is 13.9. The van der Waals surface area contributed by atoms with Crippen LogP contribution in [0.4, 0.5) is 14.5 Å². The number of alkyl halides is 2. The molecule has 0 aliphatic rings. The molecule has 0 spiro atoms. The summed E-state index contributed by atoms with van der Waals surface area (Å²) in [4.78, 5) is 21.2. The van der Waals surface area contributed by atoms with Gasteiger partial charge in [-0.2, -0.15) is 8.78 Å². The first kappa shape index (κ1) is 27.2. The zero-order valence-corrected chi connectivity index (χ0v) is 21.3. The summed E-state index contributed by atoms with van der Waals surface area (Å²) >= 11 is 6.21. The van der Waals surface area contributed by atoms with Crippen LogP contribution in [0.3, 0.4) is 0 Å². The number of benzene rings is 3. The Hall–Kier alpha value is -3.88. The molecular weight excluding hydrogens is 512 g/mol. The van der Waals surface area contributed by atoms with Gasteiger partial charge in [-0.25, -0.2) is 9.97 Å². The second-order valence-electron chi connectivity index (χ2n) is 8.70. The monoisotopic (exact) mass is 537 g/mol. The van der Waals surface area contributed by atoms with Crippen LogP contribution in [0.1, 0.15) is 23.6 Å². The predicted molar refractivity (Wildman–Crippen MR) is 142 cm³/mol. The first-order valence-electron chi connectivity index (χ1n) is 12.0. The van der Waals surface area contributed by atoms with Crippen LogP contribution in [-0.2, 0) is 23.6 Å². The van der Waals surface area contributed by atoms with Crippen molar-refractivity contribution in [1.82, 2.24) is 9.97 Å². The molecule has 0 aliphatic carbocycles. The molecule has 38 heavy (non-hydrogen) atoms. The Morgan fingerprint density at radius 1 is 1.03 bits per heavy atom. The number of hydrogen-bond donors (Lipinski definition) is 2. The number of aromatic nitrogens is 2. The number of ether oxygens (including phenoxy) is 1. The van der Waals surface area contributed by atoms with Crippen molar-refractivity contribution in [1.29, 1.82) is 0 Å². The lowest BCUT2D eigenvalue weighted by Gasteiger charge is -2.19. The van der Waals surface area contributed by atoms with E-state index in [0.717, 1.165) is 18.1 Å². The van der Waals surface area contributed by atoms with E-state index in [9.17, 15) is 18.7 Å². The van der Waals surface area contributed by atoms with Crippen molar-refractivity contribution in [2.45, 2.75) is 31.8 Å². The maximum Gasteiger partial charge on any atom is 0.298 e. The molecule has 9 heteroatoms. The molecule has 0 unspecified atom stereocenters. The third-order valence-electron chi connectivity index (χ3n) is 5.90. The Morgan fingerprint density at radius 3 is 2.39 bits per heavy atom. The van der Waals surface area contributed by atoms with Gasteiger partial charge in [-0.3, -0.25) is 4.79 Å². The highest BCUT2D eigenvalue weighted by atomic mass is 35.5. The number of carbonyl (C=O) groups is 1. The Balaban J connectivity index is 1.36. The summed E-state index contributed by atoms with van der Waals surface area (Å²) < 4.78 is 33.8. The van der Waals surface area contributed by atoms with Crippen LogP contribution in [-0.4, -0.2) is 33.7 Å². The Kier molecular flexibility index (Phi) is 8.66. The van der Waals surface area contributed by atoms with E-state index in [0.29, 0.717) is 40.9 Å². The first-order valence-corrected chi connectivity index (χ1v) is 12.3. The number of nitrogens with zero attached hydrogens (tertiary/aromatic N) is 2. The minimum absolute atomic E-state index is 0.00978. The van der Waals surface area contributed by atoms with Gasteiger partial charge in [0.1, 0.15) is 11.8 Å². The predicted octanol–water partition coefficient (Wildman–Crippen LogP) is 6.07. The molecule has 196 valence electrons. The fourth-order valence-corrected chi connectivity index (χ4v) is 4.01. The summed E-state index contributed by atoms with van der Waals surface area (Å²) in [5.74, 6) is -3.26. The van der Waals surface area contributed by atoms with E-state index in [-0.39, 0.29) is 17.9 Å². The maximum absolute atomic E-state index is 13.9. The van der Waals surface area contributed by atoms with E-state index in [1.807, 2.05) is 24.3 Å². The number of rotatable bonds is 10.